The van der Waals surface area contributed by atoms with E-state index in [4.69, 9.17) is 11.6 Å². The first-order valence-corrected chi connectivity index (χ1v) is 11.7. The Morgan fingerprint density at radius 3 is 2.79 bits per heavy atom. The Morgan fingerprint density at radius 1 is 1.34 bits per heavy atom. The van der Waals surface area contributed by atoms with Crippen LogP contribution >= 0.6 is 11.6 Å². The lowest BCUT2D eigenvalue weighted by atomic mass is 10.1. The molecule has 194 valence electrons. The van der Waals surface area contributed by atoms with Gasteiger partial charge in [0.15, 0.2) is 11.1 Å². The van der Waals surface area contributed by atoms with Crippen LogP contribution in [0.4, 0.5) is 14.5 Å². The fraction of sp³-hybridized carbons (Fsp3) is 0.200. The molecule has 0 aliphatic rings. The van der Waals surface area contributed by atoms with Crippen LogP contribution in [0.15, 0.2) is 48.2 Å². The lowest BCUT2D eigenvalue weighted by molar-refractivity contribution is 0.0949. The number of aryl methyl sites for hydroxylation is 2. The number of carbonyl (C=O) groups excluding carboxylic acids is 1. The molecule has 0 fully saturated rings. The fourth-order valence-electron chi connectivity index (χ4n) is 3.76. The molecule has 0 atom stereocenters. The summed E-state index contributed by atoms with van der Waals surface area (Å²) in [6, 6.07) is 8.53. The average Bonchev–Trinajstić information content (AvgIpc) is 3.48. The molecule has 4 aromatic rings. The molecule has 3 heterocycles. The zero-order valence-electron chi connectivity index (χ0n) is 20.4. The van der Waals surface area contributed by atoms with Gasteiger partial charge < -0.3 is 10.6 Å². The summed E-state index contributed by atoms with van der Waals surface area (Å²) in [5, 5.41) is 24.3. The van der Waals surface area contributed by atoms with E-state index < -0.39 is 12.1 Å². The smallest absolute Gasteiger partial charge is 0.283 e. The molecule has 0 radical (unpaired) electrons. The molecule has 4 rings (SSSR count). The topological polar surface area (TPSA) is 125 Å². The van der Waals surface area contributed by atoms with Crippen molar-refractivity contribution >= 4 is 34.9 Å². The van der Waals surface area contributed by atoms with E-state index in [9.17, 15) is 18.8 Å². The molecule has 0 unspecified atom stereocenters. The van der Waals surface area contributed by atoms with Gasteiger partial charge in [-0.2, -0.15) is 20.0 Å². The third-order valence-electron chi connectivity index (χ3n) is 5.49. The van der Waals surface area contributed by atoms with Crippen LogP contribution in [0.5, 0.6) is 0 Å². The molecule has 0 bridgehead atoms. The molecule has 10 nitrogen and oxygen atoms in total. The molecule has 0 saturated heterocycles. The van der Waals surface area contributed by atoms with E-state index >= 15 is 0 Å². The number of hydrogen-bond acceptors (Lipinski definition) is 7. The Balaban J connectivity index is 1.86. The first-order chi connectivity index (χ1) is 18.2. The van der Waals surface area contributed by atoms with Gasteiger partial charge in [-0.25, -0.2) is 13.8 Å². The van der Waals surface area contributed by atoms with E-state index in [1.165, 1.54) is 10.9 Å². The second kappa shape index (κ2) is 11.2. The van der Waals surface area contributed by atoms with Gasteiger partial charge in [0.2, 0.25) is 0 Å². The van der Waals surface area contributed by atoms with E-state index in [2.05, 4.69) is 37.4 Å². The Bertz CT molecular complexity index is 1700. The Kier molecular flexibility index (Phi) is 7.78. The van der Waals surface area contributed by atoms with Crippen LogP contribution in [0.2, 0.25) is 5.02 Å². The number of carbonyl (C=O) groups is 1. The van der Waals surface area contributed by atoms with E-state index in [0.29, 0.717) is 27.2 Å². The number of fused-ring (bicyclic) bond motifs is 1. The number of anilines is 1. The van der Waals surface area contributed by atoms with Crippen molar-refractivity contribution in [1.82, 2.24) is 29.7 Å². The standard InChI is InChI=1S/C25H22ClF2N9O/c1-4-30-20-12-16(26)6-5-15(20)11-17-14(2)33-24-18(13-29)21(22(27)28)35-37(24)23(17)31-8-9-32-25(38)19-7-10-36(3)34-19/h4-7,10-12,22,30H,1,8-9H2,2-3H3,(H,32,38)/b17-11+,31-23?. The minimum Gasteiger partial charge on any atom is -0.362 e. The van der Waals surface area contributed by atoms with Crippen LogP contribution in [0.25, 0.3) is 11.7 Å². The van der Waals surface area contributed by atoms with Crippen molar-refractivity contribution in [2.24, 2.45) is 12.0 Å². The van der Waals surface area contributed by atoms with Gasteiger partial charge in [0.05, 0.1) is 12.2 Å². The predicted molar refractivity (Wildman–Crippen MR) is 137 cm³/mol. The first kappa shape index (κ1) is 26.4. The van der Waals surface area contributed by atoms with E-state index in [1.807, 2.05) is 0 Å². The van der Waals surface area contributed by atoms with Crippen LogP contribution < -0.4 is 21.3 Å². The predicted octanol–water partition coefficient (Wildman–Crippen LogP) is 2.67. The van der Waals surface area contributed by atoms with Gasteiger partial charge in [0.25, 0.3) is 12.3 Å². The van der Waals surface area contributed by atoms with Crippen molar-refractivity contribution in [2.75, 3.05) is 18.4 Å². The van der Waals surface area contributed by atoms with Crippen LogP contribution in [0, 0.1) is 18.3 Å². The number of halogens is 3. The lowest BCUT2D eigenvalue weighted by Crippen LogP contribution is -2.37. The van der Waals surface area contributed by atoms with Gasteiger partial charge >= 0.3 is 0 Å². The van der Waals surface area contributed by atoms with Gasteiger partial charge in [-0.1, -0.05) is 24.2 Å². The second-order valence-corrected chi connectivity index (χ2v) is 8.52. The minimum atomic E-state index is -2.98. The maximum atomic E-state index is 13.7. The molecule has 0 aliphatic carbocycles. The highest BCUT2D eigenvalue weighted by Gasteiger charge is 2.23. The fourth-order valence-corrected chi connectivity index (χ4v) is 3.93. The molecule has 1 amide bonds. The molecule has 13 heteroatoms. The third-order valence-corrected chi connectivity index (χ3v) is 5.72. The molecular formula is C25H22ClF2N9O. The highest BCUT2D eigenvalue weighted by Crippen LogP contribution is 2.23. The molecule has 2 N–H and O–H groups in total. The summed E-state index contributed by atoms with van der Waals surface area (Å²) in [6.07, 6.45) is 1.92. The Hall–Kier alpha value is -4.63. The van der Waals surface area contributed by atoms with Crippen molar-refractivity contribution in [2.45, 2.75) is 13.3 Å². The van der Waals surface area contributed by atoms with Crippen LogP contribution in [0.3, 0.4) is 0 Å². The maximum Gasteiger partial charge on any atom is 0.283 e. The average molecular weight is 538 g/mol. The second-order valence-electron chi connectivity index (χ2n) is 8.08. The van der Waals surface area contributed by atoms with Crippen molar-refractivity contribution in [3.8, 4) is 6.07 Å². The number of aromatic nitrogens is 5. The van der Waals surface area contributed by atoms with Crippen LogP contribution in [-0.2, 0) is 7.05 Å². The van der Waals surface area contributed by atoms with Crippen molar-refractivity contribution in [3.63, 3.8) is 0 Å². The summed E-state index contributed by atoms with van der Waals surface area (Å²) in [5.41, 5.74) is 1.18. The first-order valence-electron chi connectivity index (χ1n) is 11.3. The number of nitrogens with one attached hydrogen (secondary N) is 2. The van der Waals surface area contributed by atoms with Crippen molar-refractivity contribution in [1.29, 1.82) is 5.26 Å². The normalized spacial score (nSPS) is 12.2. The lowest BCUT2D eigenvalue weighted by Gasteiger charge is -2.07. The zero-order valence-corrected chi connectivity index (χ0v) is 21.2. The summed E-state index contributed by atoms with van der Waals surface area (Å²) in [7, 11) is 1.70. The van der Waals surface area contributed by atoms with Gasteiger partial charge in [-0.15, -0.1) is 0 Å². The van der Waals surface area contributed by atoms with Gasteiger partial charge in [-0.3, -0.25) is 14.5 Å². The highest BCUT2D eigenvalue weighted by atomic mass is 35.5. The SMILES string of the molecule is C=CNc1cc(Cl)ccc1/C=c1\c(C)nc2c(C#N)c(C(F)F)nn2c1=NCCNC(=O)c1ccn(C)n1. The molecular weight excluding hydrogens is 516 g/mol. The third kappa shape index (κ3) is 5.37. The van der Waals surface area contributed by atoms with E-state index in [-0.39, 0.29) is 41.4 Å². The molecule has 0 saturated carbocycles. The summed E-state index contributed by atoms with van der Waals surface area (Å²) in [6.45, 7) is 5.58. The molecule has 0 spiro atoms. The maximum absolute atomic E-state index is 13.7. The zero-order chi connectivity index (χ0) is 27.4. The number of amides is 1. The summed E-state index contributed by atoms with van der Waals surface area (Å²) in [5.74, 6) is -0.379. The molecule has 0 aliphatic heterocycles. The summed E-state index contributed by atoms with van der Waals surface area (Å²) in [4.78, 5) is 21.3. The van der Waals surface area contributed by atoms with Crippen LogP contribution in [0.1, 0.15) is 39.4 Å². The number of benzene rings is 1. The largest absolute Gasteiger partial charge is 0.362 e. The van der Waals surface area contributed by atoms with E-state index in [0.717, 1.165) is 4.52 Å². The molecule has 3 aromatic heterocycles. The van der Waals surface area contributed by atoms with Crippen molar-refractivity contribution < 1.29 is 13.6 Å². The number of nitrogens with zero attached hydrogens (tertiary/aromatic N) is 7. The molecule has 1 aromatic carbocycles. The van der Waals surface area contributed by atoms with Gasteiger partial charge in [-0.05, 0) is 43.0 Å². The molecule has 38 heavy (non-hydrogen) atoms. The van der Waals surface area contributed by atoms with Crippen molar-refractivity contribution in [3.05, 3.63) is 87.2 Å². The van der Waals surface area contributed by atoms with Crippen LogP contribution in [-0.4, -0.2) is 43.4 Å². The number of hydrogen-bond donors (Lipinski definition) is 2. The highest BCUT2D eigenvalue weighted by molar-refractivity contribution is 6.30. The number of nitriles is 1. The summed E-state index contributed by atoms with van der Waals surface area (Å²) < 4.78 is 30.0. The van der Waals surface area contributed by atoms with Gasteiger partial charge in [0.1, 0.15) is 23.0 Å². The number of rotatable bonds is 8. The van der Waals surface area contributed by atoms with Gasteiger partial charge in [0, 0.05) is 35.7 Å². The summed E-state index contributed by atoms with van der Waals surface area (Å²) >= 11 is 6.14. The Labute approximate surface area is 220 Å². The number of alkyl halides is 2. The minimum absolute atomic E-state index is 0.0331. The Morgan fingerprint density at radius 2 is 2.13 bits per heavy atom. The van der Waals surface area contributed by atoms with E-state index in [1.54, 1.807) is 56.6 Å². The monoisotopic (exact) mass is 537 g/mol. The quantitative estimate of drug-likeness (QED) is 0.333.